The van der Waals surface area contributed by atoms with Gasteiger partial charge in [-0.15, -0.1) is 0 Å². The van der Waals surface area contributed by atoms with Crippen molar-refractivity contribution in [3.63, 3.8) is 0 Å². The van der Waals surface area contributed by atoms with Crippen LogP contribution in [0.1, 0.15) is 0 Å². The third kappa shape index (κ3) is 3.02. The maximum atomic E-state index is 15.3. The fourth-order valence-electron chi connectivity index (χ4n) is 5.04. The quantitative estimate of drug-likeness (QED) is 0.270. The summed E-state index contributed by atoms with van der Waals surface area (Å²) in [6.45, 7) is 0. The van der Waals surface area contributed by atoms with Gasteiger partial charge in [-0.1, -0.05) is 103 Å². The maximum absolute atomic E-state index is 15.3. The number of aromatic nitrogens is 2. The first-order valence-corrected chi connectivity index (χ1v) is 13.6. The van der Waals surface area contributed by atoms with Crippen molar-refractivity contribution in [3.8, 4) is 28.6 Å². The molecule has 1 aliphatic heterocycles. The number of imidazole rings is 1. The molecule has 0 saturated carbocycles. The van der Waals surface area contributed by atoms with Gasteiger partial charge in [0, 0.05) is 21.5 Å². The second kappa shape index (κ2) is 8.08. The predicted octanol–water partition coefficient (Wildman–Crippen LogP) is 6.44. The van der Waals surface area contributed by atoms with E-state index in [1.165, 1.54) is 0 Å². The summed E-state index contributed by atoms with van der Waals surface area (Å²) in [6.07, 6.45) is 0. The average molecular weight is 484 g/mol. The van der Waals surface area contributed by atoms with Crippen molar-refractivity contribution in [2.24, 2.45) is 0 Å². The van der Waals surface area contributed by atoms with E-state index in [1.807, 2.05) is 115 Å². The Morgan fingerprint density at radius 2 is 1.19 bits per heavy atom. The van der Waals surface area contributed by atoms with Gasteiger partial charge in [-0.25, -0.2) is 4.98 Å². The van der Waals surface area contributed by atoms with Gasteiger partial charge < -0.3 is 9.30 Å². The first kappa shape index (κ1) is 20.9. The highest BCUT2D eigenvalue weighted by Crippen LogP contribution is 2.49. The zero-order valence-electron chi connectivity index (χ0n) is 19.3. The van der Waals surface area contributed by atoms with E-state index in [0.29, 0.717) is 16.6 Å². The Labute approximate surface area is 208 Å². The molecule has 0 aliphatic carbocycles. The van der Waals surface area contributed by atoms with Crippen molar-refractivity contribution < 1.29 is 9.30 Å². The summed E-state index contributed by atoms with van der Waals surface area (Å²) in [5.74, 6) is 2.26. The summed E-state index contributed by atoms with van der Waals surface area (Å²) in [7, 11) is -3.24. The fourth-order valence-corrected chi connectivity index (χ4v) is 7.82. The van der Waals surface area contributed by atoms with E-state index >= 15 is 4.57 Å². The number of rotatable bonds is 4. The number of benzene rings is 5. The zero-order chi connectivity index (χ0) is 24.1. The lowest BCUT2D eigenvalue weighted by atomic mass is 10.2. The Bertz CT molecular complexity index is 1730. The largest absolute Gasteiger partial charge is 0.453 e. The van der Waals surface area contributed by atoms with E-state index in [4.69, 9.17) is 9.72 Å². The van der Waals surface area contributed by atoms with Crippen LogP contribution in [0.4, 0.5) is 0 Å². The van der Waals surface area contributed by atoms with E-state index in [2.05, 4.69) is 16.7 Å². The Balaban J connectivity index is 1.61. The van der Waals surface area contributed by atoms with Crippen LogP contribution >= 0.6 is 7.14 Å². The van der Waals surface area contributed by atoms with Gasteiger partial charge in [-0.2, -0.15) is 0 Å². The normalized spacial score (nSPS) is 12.2. The molecule has 0 fully saturated rings. The molecule has 1 aliphatic rings. The number of hydrogen-bond acceptors (Lipinski definition) is 3. The lowest BCUT2D eigenvalue weighted by Crippen LogP contribution is -2.26. The van der Waals surface area contributed by atoms with Crippen molar-refractivity contribution >= 4 is 34.1 Å². The summed E-state index contributed by atoms with van der Waals surface area (Å²) < 4.78 is 23.7. The lowest BCUT2D eigenvalue weighted by Gasteiger charge is -2.23. The molecule has 5 heteroatoms. The third-order valence-corrected chi connectivity index (χ3v) is 9.77. The van der Waals surface area contributed by atoms with Crippen LogP contribution < -0.4 is 20.7 Å². The molecule has 7 rings (SSSR count). The molecule has 4 nitrogen and oxygen atoms in total. The standard InChI is InChI=1S/C31H21N2O2P/c34-36(23-14-6-2-7-15-23,24-16-8-3-9-17-24)28-21-20-27-30-29(28)32-31(22-12-4-1-5-13-22)33(30)25-18-10-11-19-26(25)35-27/h1-21H. The number of ether oxygens (including phenoxy) is 1. The summed E-state index contributed by atoms with van der Waals surface area (Å²) in [6, 6.07) is 41.4. The molecule has 0 amide bonds. The molecule has 0 unspecified atom stereocenters. The number of para-hydroxylation sites is 2. The molecule has 2 heterocycles. The fraction of sp³-hybridized carbons (Fsp3) is 0. The molecule has 0 radical (unpaired) electrons. The number of hydrogen-bond donors (Lipinski definition) is 0. The molecule has 0 spiro atoms. The van der Waals surface area contributed by atoms with Crippen LogP contribution in [0.5, 0.6) is 11.5 Å². The zero-order valence-corrected chi connectivity index (χ0v) is 20.2. The second-order valence-electron chi connectivity index (χ2n) is 8.77. The molecule has 0 atom stereocenters. The molecular formula is C31H21N2O2P. The van der Waals surface area contributed by atoms with Crippen LogP contribution in [0.25, 0.3) is 28.1 Å². The van der Waals surface area contributed by atoms with Gasteiger partial charge >= 0.3 is 0 Å². The second-order valence-corrected chi connectivity index (χ2v) is 11.5. The van der Waals surface area contributed by atoms with Crippen LogP contribution in [-0.2, 0) is 4.57 Å². The monoisotopic (exact) mass is 484 g/mol. The van der Waals surface area contributed by atoms with Crippen molar-refractivity contribution in [2.45, 2.75) is 0 Å². The smallest absolute Gasteiger partial charge is 0.173 e. The van der Waals surface area contributed by atoms with Crippen LogP contribution in [0.2, 0.25) is 0 Å². The Kier molecular flexibility index (Phi) is 4.70. The Morgan fingerprint density at radius 1 is 0.611 bits per heavy atom. The summed E-state index contributed by atoms with van der Waals surface area (Å²) in [4.78, 5) is 5.18. The minimum absolute atomic E-state index is 0.692. The van der Waals surface area contributed by atoms with Crippen LogP contribution in [-0.4, -0.2) is 9.55 Å². The van der Waals surface area contributed by atoms with Crippen molar-refractivity contribution in [2.75, 3.05) is 0 Å². The third-order valence-electron chi connectivity index (χ3n) is 6.68. The first-order valence-electron chi connectivity index (χ1n) is 11.8. The SMILES string of the molecule is O=P(c1ccccc1)(c1ccccc1)c1ccc2c3c1nc(-c1ccccc1)n3-c1ccccc1O2. The molecule has 0 N–H and O–H groups in total. The maximum Gasteiger partial charge on any atom is 0.173 e. The van der Waals surface area contributed by atoms with E-state index in [1.54, 1.807) is 0 Å². The van der Waals surface area contributed by atoms with Crippen molar-refractivity contribution in [3.05, 3.63) is 127 Å². The average Bonchev–Trinajstić information content (AvgIpc) is 3.36. The van der Waals surface area contributed by atoms with Crippen LogP contribution in [0, 0.1) is 0 Å². The highest BCUT2D eigenvalue weighted by Gasteiger charge is 2.35. The van der Waals surface area contributed by atoms with Gasteiger partial charge in [0.2, 0.25) is 0 Å². The first-order chi connectivity index (χ1) is 17.7. The highest BCUT2D eigenvalue weighted by molar-refractivity contribution is 7.85. The summed E-state index contributed by atoms with van der Waals surface area (Å²) >= 11 is 0. The van der Waals surface area contributed by atoms with Gasteiger partial charge in [-0.3, -0.25) is 4.57 Å². The molecule has 36 heavy (non-hydrogen) atoms. The van der Waals surface area contributed by atoms with Gasteiger partial charge in [0.25, 0.3) is 0 Å². The topological polar surface area (TPSA) is 44.1 Å². The molecule has 172 valence electrons. The van der Waals surface area contributed by atoms with E-state index in [-0.39, 0.29) is 0 Å². The summed E-state index contributed by atoms with van der Waals surface area (Å²) in [5.41, 5.74) is 3.42. The Morgan fingerprint density at radius 3 is 1.86 bits per heavy atom. The Hall–Kier alpha value is -4.40. The highest BCUT2D eigenvalue weighted by atomic mass is 31.2. The molecule has 6 aromatic rings. The van der Waals surface area contributed by atoms with Crippen molar-refractivity contribution in [1.82, 2.24) is 9.55 Å². The van der Waals surface area contributed by atoms with Gasteiger partial charge in [0.05, 0.1) is 5.69 Å². The van der Waals surface area contributed by atoms with Crippen molar-refractivity contribution in [1.29, 1.82) is 0 Å². The molecule has 0 saturated heterocycles. The predicted molar refractivity (Wildman–Crippen MR) is 146 cm³/mol. The minimum Gasteiger partial charge on any atom is -0.453 e. The van der Waals surface area contributed by atoms with Crippen LogP contribution in [0.3, 0.4) is 0 Å². The molecular weight excluding hydrogens is 463 g/mol. The van der Waals surface area contributed by atoms with Gasteiger partial charge in [0.15, 0.2) is 18.6 Å². The van der Waals surface area contributed by atoms with E-state index in [0.717, 1.165) is 39.0 Å². The minimum atomic E-state index is -3.24. The molecule has 0 bridgehead atoms. The van der Waals surface area contributed by atoms with Crippen LogP contribution in [0.15, 0.2) is 127 Å². The number of fused-ring (bicyclic) bond motifs is 2. The van der Waals surface area contributed by atoms with E-state index < -0.39 is 7.14 Å². The number of nitrogens with zero attached hydrogens (tertiary/aromatic N) is 2. The van der Waals surface area contributed by atoms with Gasteiger partial charge in [-0.05, 0) is 24.3 Å². The van der Waals surface area contributed by atoms with E-state index in [9.17, 15) is 0 Å². The van der Waals surface area contributed by atoms with Gasteiger partial charge in [0.1, 0.15) is 16.9 Å². The summed E-state index contributed by atoms with van der Waals surface area (Å²) in [5, 5.41) is 2.26. The lowest BCUT2D eigenvalue weighted by molar-refractivity contribution is 0.476. The molecule has 1 aromatic heterocycles. The molecule has 5 aromatic carbocycles.